The molecule has 0 saturated carbocycles. The van der Waals surface area contributed by atoms with E-state index in [4.69, 9.17) is 4.74 Å². The van der Waals surface area contributed by atoms with E-state index in [1.807, 2.05) is 0 Å². The first-order valence-electron chi connectivity index (χ1n) is 4.20. The summed E-state index contributed by atoms with van der Waals surface area (Å²) in [5, 5.41) is 0. The number of rotatable bonds is 1. The number of likely N-dealkylation sites (tertiary alicyclic amines) is 1. The summed E-state index contributed by atoms with van der Waals surface area (Å²) in [5.41, 5.74) is 0. The molecule has 2 heterocycles. The maximum atomic E-state index is 5.52. The first-order valence-corrected chi connectivity index (χ1v) is 4.20. The van der Waals surface area contributed by atoms with Crippen LogP contribution < -0.4 is 0 Å². The smallest absolute Gasteiger partial charge is 0.164 e. The fraction of sp³-hybridized carbons (Fsp3) is 0.875. The molecule has 2 rings (SSSR count). The predicted octanol–water partition coefficient (Wildman–Crippen LogP) is 1.38. The van der Waals surface area contributed by atoms with Crippen molar-refractivity contribution in [2.75, 3.05) is 19.7 Å². The Kier molecular flexibility index (Phi) is 1.91. The molecule has 2 nitrogen and oxygen atoms in total. The molecule has 57 valence electrons. The van der Waals surface area contributed by atoms with Crippen LogP contribution in [0, 0.1) is 6.23 Å². The number of hydrogen-bond acceptors (Lipinski definition) is 2. The highest BCUT2D eigenvalue weighted by atomic mass is 16.5. The molecule has 0 aromatic carbocycles. The van der Waals surface area contributed by atoms with Gasteiger partial charge in [0.25, 0.3) is 0 Å². The largest absolute Gasteiger partial charge is 0.356 e. The predicted molar refractivity (Wildman–Crippen MR) is 39.2 cm³/mol. The summed E-state index contributed by atoms with van der Waals surface area (Å²) in [7, 11) is 0. The average molecular weight is 140 g/mol. The average Bonchev–Trinajstić information content (AvgIpc) is 1.86. The SMILES string of the molecule is C1CC[C](N2CCC2)OC1. The van der Waals surface area contributed by atoms with Gasteiger partial charge in [0, 0.05) is 19.7 Å². The van der Waals surface area contributed by atoms with Crippen molar-refractivity contribution in [2.24, 2.45) is 0 Å². The lowest BCUT2D eigenvalue weighted by Crippen LogP contribution is -2.42. The van der Waals surface area contributed by atoms with Crippen LogP contribution in [0.1, 0.15) is 25.7 Å². The third-order valence-corrected chi connectivity index (χ3v) is 2.26. The third-order valence-electron chi connectivity index (χ3n) is 2.26. The van der Waals surface area contributed by atoms with Crippen LogP contribution in [-0.2, 0) is 4.74 Å². The van der Waals surface area contributed by atoms with Gasteiger partial charge in [-0.15, -0.1) is 0 Å². The van der Waals surface area contributed by atoms with Gasteiger partial charge in [-0.2, -0.15) is 0 Å². The minimum absolute atomic E-state index is 0.950. The van der Waals surface area contributed by atoms with Crippen LogP contribution in [0.3, 0.4) is 0 Å². The van der Waals surface area contributed by atoms with E-state index < -0.39 is 0 Å². The summed E-state index contributed by atoms with van der Waals surface area (Å²) in [5.74, 6) is 0. The summed E-state index contributed by atoms with van der Waals surface area (Å²) >= 11 is 0. The van der Waals surface area contributed by atoms with E-state index in [1.165, 1.54) is 45.0 Å². The zero-order valence-electron chi connectivity index (χ0n) is 6.31. The molecule has 0 bridgehead atoms. The van der Waals surface area contributed by atoms with E-state index in [9.17, 15) is 0 Å². The van der Waals surface area contributed by atoms with Crippen LogP contribution in [0.2, 0.25) is 0 Å². The summed E-state index contributed by atoms with van der Waals surface area (Å²) in [6.45, 7) is 3.41. The fourth-order valence-electron chi connectivity index (χ4n) is 1.46. The van der Waals surface area contributed by atoms with Crippen LogP contribution in [-0.4, -0.2) is 24.6 Å². The summed E-state index contributed by atoms with van der Waals surface area (Å²) in [4.78, 5) is 2.36. The van der Waals surface area contributed by atoms with Crippen molar-refractivity contribution in [3.8, 4) is 0 Å². The van der Waals surface area contributed by atoms with Gasteiger partial charge in [0.15, 0.2) is 6.23 Å². The van der Waals surface area contributed by atoms with E-state index in [0.717, 1.165) is 6.61 Å². The Balaban J connectivity index is 1.78. The Morgan fingerprint density at radius 2 is 2.00 bits per heavy atom. The minimum atomic E-state index is 0.950. The van der Waals surface area contributed by atoms with E-state index in [1.54, 1.807) is 0 Å². The quantitative estimate of drug-likeness (QED) is 0.545. The van der Waals surface area contributed by atoms with Crippen molar-refractivity contribution in [3.05, 3.63) is 6.23 Å². The topological polar surface area (TPSA) is 12.5 Å². The van der Waals surface area contributed by atoms with Crippen LogP contribution in [0.4, 0.5) is 0 Å². The van der Waals surface area contributed by atoms with Gasteiger partial charge >= 0.3 is 0 Å². The second-order valence-corrected chi connectivity index (χ2v) is 3.04. The molecule has 0 N–H and O–H groups in total. The molecule has 0 spiro atoms. The molecule has 0 unspecified atom stereocenters. The lowest BCUT2D eigenvalue weighted by atomic mass is 10.1. The maximum absolute atomic E-state index is 5.52. The van der Waals surface area contributed by atoms with E-state index in [0.29, 0.717) is 0 Å². The van der Waals surface area contributed by atoms with Gasteiger partial charge in [-0.05, 0) is 25.7 Å². The lowest BCUT2D eigenvalue weighted by molar-refractivity contribution is -0.0225. The highest BCUT2D eigenvalue weighted by Gasteiger charge is 2.27. The van der Waals surface area contributed by atoms with Gasteiger partial charge < -0.3 is 4.74 Å². The number of ether oxygens (including phenoxy) is 1. The lowest BCUT2D eigenvalue weighted by Gasteiger charge is -2.38. The molecule has 2 saturated heterocycles. The standard InChI is InChI=1S/C8H14NO/c1-2-7-10-8(4-1)9-5-3-6-9/h1-7H2. The highest BCUT2D eigenvalue weighted by Crippen LogP contribution is 2.26. The van der Waals surface area contributed by atoms with Crippen molar-refractivity contribution in [2.45, 2.75) is 25.7 Å². The Morgan fingerprint density at radius 1 is 1.10 bits per heavy atom. The van der Waals surface area contributed by atoms with Gasteiger partial charge in [-0.25, -0.2) is 0 Å². The van der Waals surface area contributed by atoms with Crippen molar-refractivity contribution in [3.63, 3.8) is 0 Å². The Hall–Kier alpha value is -0.0800. The van der Waals surface area contributed by atoms with E-state index in [2.05, 4.69) is 4.90 Å². The normalized spacial score (nSPS) is 30.0. The molecule has 0 atom stereocenters. The van der Waals surface area contributed by atoms with Gasteiger partial charge in [0.05, 0.1) is 0 Å². The summed E-state index contributed by atoms with van der Waals surface area (Å²) in [6, 6.07) is 0. The summed E-state index contributed by atoms with van der Waals surface area (Å²) in [6.07, 6.45) is 6.37. The van der Waals surface area contributed by atoms with Crippen LogP contribution in [0.5, 0.6) is 0 Å². The van der Waals surface area contributed by atoms with Crippen molar-refractivity contribution in [1.82, 2.24) is 4.90 Å². The van der Waals surface area contributed by atoms with Gasteiger partial charge in [0.1, 0.15) is 0 Å². The Labute approximate surface area is 62.2 Å². The molecule has 10 heavy (non-hydrogen) atoms. The molecular weight excluding hydrogens is 126 g/mol. The molecule has 2 aliphatic heterocycles. The van der Waals surface area contributed by atoms with E-state index in [-0.39, 0.29) is 0 Å². The van der Waals surface area contributed by atoms with Crippen LogP contribution >= 0.6 is 0 Å². The van der Waals surface area contributed by atoms with Crippen LogP contribution in [0.15, 0.2) is 0 Å². The highest BCUT2D eigenvalue weighted by molar-refractivity contribution is 4.87. The van der Waals surface area contributed by atoms with Gasteiger partial charge in [-0.1, -0.05) is 0 Å². The zero-order chi connectivity index (χ0) is 6.81. The number of nitrogens with zero attached hydrogens (tertiary/aromatic N) is 1. The minimum Gasteiger partial charge on any atom is -0.356 e. The molecular formula is C8H14NO. The number of hydrogen-bond donors (Lipinski definition) is 0. The molecule has 2 heteroatoms. The maximum Gasteiger partial charge on any atom is 0.164 e. The molecule has 0 aromatic heterocycles. The molecule has 0 aliphatic carbocycles. The molecule has 2 fully saturated rings. The van der Waals surface area contributed by atoms with Crippen molar-refractivity contribution < 1.29 is 4.74 Å². The Bertz CT molecular complexity index is 106. The molecule has 0 aromatic rings. The first-order chi connectivity index (χ1) is 4.97. The summed E-state index contributed by atoms with van der Waals surface area (Å²) < 4.78 is 5.52. The van der Waals surface area contributed by atoms with Crippen LogP contribution in [0.25, 0.3) is 0 Å². The first kappa shape index (κ1) is 6.62. The monoisotopic (exact) mass is 140 g/mol. The van der Waals surface area contributed by atoms with Crippen molar-refractivity contribution >= 4 is 0 Å². The van der Waals surface area contributed by atoms with E-state index >= 15 is 0 Å². The molecule has 0 amide bonds. The van der Waals surface area contributed by atoms with Gasteiger partial charge in [-0.3, -0.25) is 4.90 Å². The third kappa shape index (κ3) is 1.18. The fourth-order valence-corrected chi connectivity index (χ4v) is 1.46. The Morgan fingerprint density at radius 3 is 2.50 bits per heavy atom. The molecule has 1 radical (unpaired) electrons. The zero-order valence-corrected chi connectivity index (χ0v) is 6.31. The second-order valence-electron chi connectivity index (χ2n) is 3.04. The second kappa shape index (κ2) is 2.89. The molecule has 2 aliphatic rings. The van der Waals surface area contributed by atoms with Gasteiger partial charge in [0.2, 0.25) is 0 Å². The van der Waals surface area contributed by atoms with Crippen molar-refractivity contribution in [1.29, 1.82) is 0 Å².